The Morgan fingerprint density at radius 2 is 1.14 bits per heavy atom. The Kier molecular flexibility index (Phi) is 5.76. The number of fused-ring (bicyclic) bond motifs is 13. The van der Waals surface area contributed by atoms with Crippen LogP contribution in [0.15, 0.2) is 174 Å². The van der Waals surface area contributed by atoms with Gasteiger partial charge >= 0.3 is 6.85 Å². The number of para-hydroxylation sites is 6. The lowest BCUT2D eigenvalue weighted by Gasteiger charge is -2.44. The molecule has 8 aromatic carbocycles. The lowest BCUT2D eigenvalue weighted by molar-refractivity contribution is 0.632. The molecule has 262 valence electrons. The quantitative estimate of drug-likeness (QED) is 0.167. The molecule has 0 unspecified atom stereocenters. The van der Waals surface area contributed by atoms with Gasteiger partial charge in [0.15, 0.2) is 0 Å². The van der Waals surface area contributed by atoms with Gasteiger partial charge in [-0.1, -0.05) is 123 Å². The molecule has 3 aliphatic rings. The fourth-order valence-corrected chi connectivity index (χ4v) is 10.6. The van der Waals surface area contributed by atoms with Crippen molar-refractivity contribution >= 4 is 90.0 Å². The molecule has 0 atom stereocenters. The number of aromatic nitrogens is 1. The van der Waals surface area contributed by atoms with Gasteiger partial charge in [-0.05, 0) is 88.3 Å². The van der Waals surface area contributed by atoms with Crippen LogP contribution in [0.4, 0.5) is 28.4 Å². The maximum absolute atomic E-state index is 6.65. The largest absolute Gasteiger partial charge is 0.456 e. The highest BCUT2D eigenvalue weighted by Gasteiger charge is 2.46. The van der Waals surface area contributed by atoms with Gasteiger partial charge in [-0.15, -0.1) is 0 Å². The summed E-state index contributed by atoms with van der Waals surface area (Å²) in [6.45, 7) is 4.62. The van der Waals surface area contributed by atoms with Crippen molar-refractivity contribution in [2.24, 2.45) is 0 Å². The summed E-state index contributed by atoms with van der Waals surface area (Å²) in [6.07, 6.45) is 0. The summed E-state index contributed by atoms with van der Waals surface area (Å²) in [5.74, 6) is 0. The van der Waals surface area contributed by atoms with E-state index in [1.807, 2.05) is 0 Å². The first kappa shape index (κ1) is 30.4. The first-order chi connectivity index (χ1) is 27.6. The van der Waals surface area contributed by atoms with Crippen LogP contribution in [0.3, 0.4) is 0 Å². The van der Waals surface area contributed by atoms with Crippen molar-refractivity contribution < 1.29 is 4.42 Å². The Balaban J connectivity index is 1.25. The minimum atomic E-state index is -0.165. The Labute approximate surface area is 324 Å². The van der Waals surface area contributed by atoms with E-state index in [0.29, 0.717) is 0 Å². The van der Waals surface area contributed by atoms with Crippen molar-refractivity contribution in [1.29, 1.82) is 0 Å². The molecular weight excluding hydrogens is 681 g/mol. The van der Waals surface area contributed by atoms with E-state index in [2.05, 4.69) is 198 Å². The van der Waals surface area contributed by atoms with Crippen LogP contribution in [-0.4, -0.2) is 11.4 Å². The highest BCUT2D eigenvalue weighted by Crippen LogP contribution is 2.56. The fraction of sp³-hybridized carbons (Fsp3) is 0.0588. The molecule has 0 N–H and O–H groups in total. The molecule has 0 bridgehead atoms. The van der Waals surface area contributed by atoms with Crippen molar-refractivity contribution in [3.8, 4) is 16.8 Å². The first-order valence-corrected chi connectivity index (χ1v) is 19.6. The van der Waals surface area contributed by atoms with Crippen LogP contribution >= 0.6 is 0 Å². The highest BCUT2D eigenvalue weighted by molar-refractivity contribution is 6.94. The van der Waals surface area contributed by atoms with Crippen LogP contribution in [0.25, 0.3) is 60.6 Å². The molecule has 2 aromatic heterocycles. The predicted octanol–water partition coefficient (Wildman–Crippen LogP) is 12.0. The summed E-state index contributed by atoms with van der Waals surface area (Å²) >= 11 is 0. The molecule has 0 fully saturated rings. The van der Waals surface area contributed by atoms with Gasteiger partial charge < -0.3 is 18.7 Å². The summed E-state index contributed by atoms with van der Waals surface area (Å²) < 4.78 is 9.22. The molecule has 56 heavy (non-hydrogen) atoms. The van der Waals surface area contributed by atoms with Gasteiger partial charge in [-0.2, -0.15) is 0 Å². The normalized spacial score (nSPS) is 14.6. The molecule has 0 amide bonds. The molecule has 0 saturated heterocycles. The van der Waals surface area contributed by atoms with E-state index in [1.54, 1.807) is 0 Å². The van der Waals surface area contributed by atoms with E-state index in [1.165, 1.54) is 83.4 Å². The van der Waals surface area contributed by atoms with E-state index in [-0.39, 0.29) is 12.3 Å². The summed E-state index contributed by atoms with van der Waals surface area (Å²) in [5.41, 5.74) is 19.0. The van der Waals surface area contributed by atoms with Gasteiger partial charge in [0.1, 0.15) is 11.2 Å². The number of nitrogens with zero attached hydrogens (tertiary/aromatic N) is 3. The van der Waals surface area contributed by atoms with E-state index in [9.17, 15) is 0 Å². The lowest BCUT2D eigenvalue weighted by atomic mass is 9.44. The molecule has 5 heterocycles. The number of anilines is 5. The zero-order valence-corrected chi connectivity index (χ0v) is 31.0. The van der Waals surface area contributed by atoms with Gasteiger partial charge in [0.2, 0.25) is 0 Å². The summed E-state index contributed by atoms with van der Waals surface area (Å²) in [6, 6.07) is 62.6. The zero-order valence-electron chi connectivity index (χ0n) is 31.0. The molecule has 5 heteroatoms. The van der Waals surface area contributed by atoms with Gasteiger partial charge in [0.25, 0.3) is 0 Å². The van der Waals surface area contributed by atoms with Gasteiger partial charge in [-0.25, -0.2) is 0 Å². The number of furan rings is 1. The average Bonchev–Trinajstić information content (AvgIpc) is 3.79. The molecular formula is C51H34BN3O. The van der Waals surface area contributed by atoms with Crippen molar-refractivity contribution in [3.63, 3.8) is 0 Å². The second-order valence-corrected chi connectivity index (χ2v) is 16.1. The number of hydrogen-bond acceptors (Lipinski definition) is 3. The van der Waals surface area contributed by atoms with Crippen molar-refractivity contribution in [2.45, 2.75) is 19.3 Å². The van der Waals surface area contributed by atoms with E-state index < -0.39 is 0 Å². The Morgan fingerprint density at radius 1 is 0.500 bits per heavy atom. The van der Waals surface area contributed by atoms with Crippen LogP contribution in [0.1, 0.15) is 25.0 Å². The maximum atomic E-state index is 6.65. The molecule has 0 aliphatic carbocycles. The zero-order chi connectivity index (χ0) is 36.9. The van der Waals surface area contributed by atoms with E-state index in [0.717, 1.165) is 27.6 Å². The summed E-state index contributed by atoms with van der Waals surface area (Å²) in [5, 5.41) is 4.78. The van der Waals surface area contributed by atoms with Crippen molar-refractivity contribution in [1.82, 2.24) is 4.57 Å². The average molecular weight is 716 g/mol. The Morgan fingerprint density at radius 3 is 1.93 bits per heavy atom. The van der Waals surface area contributed by atoms with Gasteiger partial charge in [0.05, 0.1) is 28.1 Å². The van der Waals surface area contributed by atoms with Crippen LogP contribution in [0, 0.1) is 0 Å². The molecule has 3 aliphatic heterocycles. The second-order valence-electron chi connectivity index (χ2n) is 16.1. The van der Waals surface area contributed by atoms with Crippen molar-refractivity contribution in [2.75, 3.05) is 9.71 Å². The highest BCUT2D eigenvalue weighted by atomic mass is 16.3. The monoisotopic (exact) mass is 715 g/mol. The van der Waals surface area contributed by atoms with E-state index in [4.69, 9.17) is 4.42 Å². The third-order valence-corrected chi connectivity index (χ3v) is 12.9. The second kappa shape index (κ2) is 10.6. The molecule has 13 rings (SSSR count). The predicted molar refractivity (Wildman–Crippen MR) is 234 cm³/mol. The molecule has 4 nitrogen and oxygen atoms in total. The van der Waals surface area contributed by atoms with Gasteiger partial charge in [0, 0.05) is 49.6 Å². The van der Waals surface area contributed by atoms with Crippen LogP contribution in [0.2, 0.25) is 0 Å². The fourth-order valence-electron chi connectivity index (χ4n) is 10.6. The molecule has 10 aromatic rings. The Bertz CT molecular complexity index is 3270. The third kappa shape index (κ3) is 3.70. The maximum Gasteiger partial charge on any atom is 0.333 e. The van der Waals surface area contributed by atoms with Crippen LogP contribution in [0.5, 0.6) is 0 Å². The molecule has 0 radical (unpaired) electrons. The minimum absolute atomic E-state index is 0.108. The molecule has 0 saturated carbocycles. The topological polar surface area (TPSA) is 24.6 Å². The molecule has 0 spiro atoms. The summed E-state index contributed by atoms with van der Waals surface area (Å²) in [4.78, 5) is 5.13. The summed E-state index contributed by atoms with van der Waals surface area (Å²) in [7, 11) is 0. The standard InChI is InChI=1S/C51H34BN3O/c1-51(2)37-21-9-13-25-42(37)53(43-26-14-10-22-38(43)51)45-29-36-32-18-6-12-24-41(32)55(31-16-4-3-5-17-31)52-39-30-47-35(33-19-8-15-27-46(33)56-47)28-44(39)54-40-23-11-7-20-34(40)48(45)50(54)49(36)52/h3-30H,1-2H3. The minimum Gasteiger partial charge on any atom is -0.456 e. The van der Waals surface area contributed by atoms with Crippen molar-refractivity contribution in [3.05, 3.63) is 181 Å². The van der Waals surface area contributed by atoms with Crippen LogP contribution in [-0.2, 0) is 5.41 Å². The Hall–Kier alpha value is -6.98. The smallest absolute Gasteiger partial charge is 0.333 e. The van der Waals surface area contributed by atoms with Gasteiger partial charge in [-0.3, -0.25) is 0 Å². The SMILES string of the molecule is CC1(C)c2ccccc2N(c2cc3c4c5c2c2ccccc2n5-c2cc5c(cc2B4N(c2ccccc2)c2ccccc2-3)oc2ccccc25)c2ccccc21. The number of benzene rings is 8. The van der Waals surface area contributed by atoms with E-state index >= 15 is 0 Å². The first-order valence-electron chi connectivity index (χ1n) is 19.6. The van der Waals surface area contributed by atoms with Crippen LogP contribution < -0.4 is 20.6 Å². The number of hydrogen-bond donors (Lipinski definition) is 0. The lowest BCUT2D eigenvalue weighted by Crippen LogP contribution is -2.60. The third-order valence-electron chi connectivity index (χ3n) is 12.9. The number of rotatable bonds is 2.